The molecule has 240 valence electrons. The number of nitrogens with one attached hydrogen (secondary N) is 2. The summed E-state index contributed by atoms with van der Waals surface area (Å²) in [6.07, 6.45) is 3.79. The highest BCUT2D eigenvalue weighted by atomic mass is 32.2. The molecule has 0 heterocycles. The van der Waals surface area contributed by atoms with Gasteiger partial charge in [0.2, 0.25) is 5.91 Å². The van der Waals surface area contributed by atoms with E-state index in [1.165, 1.54) is 23.8 Å². The monoisotopic (exact) mass is 630 g/mol. The Morgan fingerprint density at radius 3 is 1.71 bits per heavy atom. The number of hydrogen-bond acceptors (Lipinski definition) is 6. The fourth-order valence-electron chi connectivity index (χ4n) is 4.98. The van der Waals surface area contributed by atoms with E-state index in [0.29, 0.717) is 6.42 Å². The Bertz CT molecular complexity index is 1290. The van der Waals surface area contributed by atoms with Crippen LogP contribution in [0, 0.1) is 5.92 Å². The van der Waals surface area contributed by atoms with Gasteiger partial charge in [-0.05, 0) is 55.6 Å². The van der Waals surface area contributed by atoms with Crippen molar-refractivity contribution in [2.24, 2.45) is 5.92 Å². The number of carbonyl (C=O) groups excluding carboxylic acids is 3. The summed E-state index contributed by atoms with van der Waals surface area (Å²) in [6, 6.07) is 30.0. The fourth-order valence-corrected chi connectivity index (χ4v) is 6.45. The summed E-state index contributed by atoms with van der Waals surface area (Å²) < 4.78 is 9.81. The van der Waals surface area contributed by atoms with Gasteiger partial charge in [0.1, 0.15) is 11.6 Å². The first kappa shape index (κ1) is 35.4. The molecule has 0 spiro atoms. The molecule has 7 nitrogen and oxygen atoms in total. The number of esters is 1. The van der Waals surface area contributed by atoms with E-state index >= 15 is 0 Å². The summed E-state index contributed by atoms with van der Waals surface area (Å²) in [7, 11) is 1.32. The first-order chi connectivity index (χ1) is 21.5. The van der Waals surface area contributed by atoms with Crippen molar-refractivity contribution >= 4 is 29.7 Å². The number of alkyl carbamates (subject to hydrolysis) is 1. The summed E-state index contributed by atoms with van der Waals surface area (Å²) in [5, 5.41) is 5.58. The molecule has 0 aliphatic heterocycles. The van der Waals surface area contributed by atoms with Crippen LogP contribution in [0.2, 0.25) is 0 Å². The Kier molecular flexibility index (Phi) is 13.3. The SMILES string of the molecule is COC(=O)C[C@@H](/C=C/CCSC(c1ccccc1)(c1ccccc1)c1ccccc1)NC(=O)[C@H](NC(=O)OC(C)(C)C)C(C)C. The third-order valence-corrected chi connectivity index (χ3v) is 8.66. The second-order valence-electron chi connectivity index (χ2n) is 12.1. The lowest BCUT2D eigenvalue weighted by molar-refractivity contribution is -0.141. The van der Waals surface area contributed by atoms with Gasteiger partial charge >= 0.3 is 12.1 Å². The van der Waals surface area contributed by atoms with Crippen molar-refractivity contribution in [2.45, 2.75) is 69.9 Å². The molecule has 0 radical (unpaired) electrons. The van der Waals surface area contributed by atoms with Crippen LogP contribution in [0.4, 0.5) is 4.79 Å². The highest BCUT2D eigenvalue weighted by molar-refractivity contribution is 8.00. The lowest BCUT2D eigenvalue weighted by atomic mass is 9.84. The molecule has 0 aromatic heterocycles. The summed E-state index contributed by atoms with van der Waals surface area (Å²) in [4.78, 5) is 37.9. The minimum absolute atomic E-state index is 0.0366. The maximum Gasteiger partial charge on any atom is 0.408 e. The number of ether oxygens (including phenoxy) is 2. The molecule has 8 heteroatoms. The minimum atomic E-state index is -0.841. The van der Waals surface area contributed by atoms with E-state index in [9.17, 15) is 14.4 Å². The number of methoxy groups -OCH3 is 1. The molecule has 0 bridgehead atoms. The topological polar surface area (TPSA) is 93.7 Å². The Balaban J connectivity index is 1.79. The van der Waals surface area contributed by atoms with Crippen LogP contribution in [-0.2, 0) is 23.8 Å². The molecule has 45 heavy (non-hydrogen) atoms. The summed E-state index contributed by atoms with van der Waals surface area (Å²) in [6.45, 7) is 8.95. The average molecular weight is 631 g/mol. The maximum atomic E-state index is 13.3. The molecule has 2 amide bonds. The molecule has 2 atom stereocenters. The molecule has 0 fully saturated rings. The third-order valence-electron chi connectivity index (χ3n) is 7.08. The van der Waals surface area contributed by atoms with Gasteiger partial charge in [0, 0.05) is 0 Å². The molecule has 0 aliphatic rings. The van der Waals surface area contributed by atoms with E-state index in [-0.39, 0.29) is 12.3 Å². The van der Waals surface area contributed by atoms with Crippen molar-refractivity contribution in [3.63, 3.8) is 0 Å². The van der Waals surface area contributed by atoms with Crippen molar-refractivity contribution in [1.82, 2.24) is 10.6 Å². The smallest absolute Gasteiger partial charge is 0.408 e. The number of benzene rings is 3. The van der Waals surface area contributed by atoms with Gasteiger partial charge in [-0.15, -0.1) is 11.8 Å². The van der Waals surface area contributed by atoms with Crippen molar-refractivity contribution in [1.29, 1.82) is 0 Å². The zero-order valence-corrected chi connectivity index (χ0v) is 27.9. The third kappa shape index (κ3) is 10.5. The van der Waals surface area contributed by atoms with Crippen LogP contribution in [0.15, 0.2) is 103 Å². The molecular formula is C37H46N2O5S. The molecule has 3 aromatic rings. The van der Waals surface area contributed by atoms with Crippen LogP contribution >= 0.6 is 11.8 Å². The van der Waals surface area contributed by atoms with Gasteiger partial charge in [0.25, 0.3) is 0 Å². The van der Waals surface area contributed by atoms with Gasteiger partial charge in [-0.3, -0.25) is 9.59 Å². The summed E-state index contributed by atoms with van der Waals surface area (Å²) in [5.41, 5.74) is 2.85. The predicted molar refractivity (Wildman–Crippen MR) is 182 cm³/mol. The van der Waals surface area contributed by atoms with E-state index in [2.05, 4.69) is 83.4 Å². The van der Waals surface area contributed by atoms with E-state index in [1.807, 2.05) is 56.0 Å². The first-order valence-electron chi connectivity index (χ1n) is 15.3. The summed E-state index contributed by atoms with van der Waals surface area (Å²) >= 11 is 1.84. The predicted octanol–water partition coefficient (Wildman–Crippen LogP) is 7.26. The van der Waals surface area contributed by atoms with Gasteiger partial charge in [-0.1, -0.05) is 117 Å². The van der Waals surface area contributed by atoms with E-state index in [0.717, 1.165) is 5.75 Å². The van der Waals surface area contributed by atoms with Gasteiger partial charge in [0.15, 0.2) is 0 Å². The van der Waals surface area contributed by atoms with Gasteiger partial charge < -0.3 is 20.1 Å². The van der Waals surface area contributed by atoms with Crippen molar-refractivity contribution in [3.8, 4) is 0 Å². The van der Waals surface area contributed by atoms with Gasteiger partial charge in [0.05, 0.1) is 24.3 Å². The number of carbonyl (C=O) groups is 3. The van der Waals surface area contributed by atoms with Crippen LogP contribution in [0.3, 0.4) is 0 Å². The van der Waals surface area contributed by atoms with Crippen LogP contribution in [-0.4, -0.2) is 48.5 Å². The largest absolute Gasteiger partial charge is 0.469 e. The van der Waals surface area contributed by atoms with Crippen LogP contribution in [0.25, 0.3) is 0 Å². The van der Waals surface area contributed by atoms with Crippen LogP contribution in [0.1, 0.15) is 64.2 Å². The molecule has 0 saturated heterocycles. The molecule has 2 N–H and O–H groups in total. The van der Waals surface area contributed by atoms with E-state index < -0.39 is 40.4 Å². The minimum Gasteiger partial charge on any atom is -0.469 e. The van der Waals surface area contributed by atoms with Crippen molar-refractivity contribution in [2.75, 3.05) is 12.9 Å². The molecule has 0 saturated carbocycles. The quantitative estimate of drug-likeness (QED) is 0.0843. The standard InChI is InChI=1S/C37H46N2O5S/c1-27(2)33(39-35(42)44-36(3,4)5)34(41)38-31(26-32(40)43-6)24-16-17-25-45-37(28-18-10-7-11-19-28,29-20-12-8-13-21-29)30-22-14-9-15-23-30/h7-16,18-24,27,31,33H,17,25-26H2,1-6H3,(H,38,41)(H,39,42)/b24-16+/t31-,33-/m1/s1. The first-order valence-corrected chi connectivity index (χ1v) is 16.3. The number of rotatable bonds is 14. The second kappa shape index (κ2) is 16.9. The van der Waals surface area contributed by atoms with E-state index in [1.54, 1.807) is 20.8 Å². The van der Waals surface area contributed by atoms with Gasteiger partial charge in [-0.25, -0.2) is 4.79 Å². The van der Waals surface area contributed by atoms with Crippen molar-refractivity contribution in [3.05, 3.63) is 120 Å². The zero-order valence-electron chi connectivity index (χ0n) is 27.1. The number of amides is 2. The molecular weight excluding hydrogens is 584 g/mol. The zero-order chi connectivity index (χ0) is 32.9. The molecule has 3 rings (SSSR count). The maximum absolute atomic E-state index is 13.3. The highest BCUT2D eigenvalue weighted by Gasteiger charge is 2.36. The summed E-state index contributed by atoms with van der Waals surface area (Å²) in [5.74, 6) is -0.293. The Morgan fingerprint density at radius 1 is 0.800 bits per heavy atom. The normalized spacial score (nSPS) is 13.2. The number of hydrogen-bond donors (Lipinski definition) is 2. The van der Waals surface area contributed by atoms with Crippen LogP contribution in [0.5, 0.6) is 0 Å². The Morgan fingerprint density at radius 2 is 1.29 bits per heavy atom. The molecule has 0 aliphatic carbocycles. The lowest BCUT2D eigenvalue weighted by Gasteiger charge is -2.35. The fraction of sp³-hybridized carbons (Fsp3) is 0.378. The Labute approximate surface area is 272 Å². The van der Waals surface area contributed by atoms with Crippen LogP contribution < -0.4 is 10.6 Å². The van der Waals surface area contributed by atoms with Crippen molar-refractivity contribution < 1.29 is 23.9 Å². The Hall–Kier alpha value is -4.04. The lowest BCUT2D eigenvalue weighted by Crippen LogP contribution is -2.53. The number of allylic oxidation sites excluding steroid dienone is 1. The highest BCUT2D eigenvalue weighted by Crippen LogP contribution is 2.48. The molecule has 0 unspecified atom stereocenters. The number of thioether (sulfide) groups is 1. The second-order valence-corrected chi connectivity index (χ2v) is 13.4. The van der Waals surface area contributed by atoms with Gasteiger partial charge in [-0.2, -0.15) is 0 Å². The average Bonchev–Trinajstić information content (AvgIpc) is 3.01. The molecule has 3 aromatic carbocycles. The van der Waals surface area contributed by atoms with E-state index in [4.69, 9.17) is 9.47 Å².